The van der Waals surface area contributed by atoms with Gasteiger partial charge in [0.05, 0.1) is 18.9 Å². The number of hydrogen-bond acceptors (Lipinski definition) is 4. The molecule has 0 fully saturated rings. The number of aliphatic hydroxyl groups is 1. The van der Waals surface area contributed by atoms with E-state index in [4.69, 9.17) is 4.74 Å². The zero-order valence-corrected chi connectivity index (χ0v) is 11.7. The van der Waals surface area contributed by atoms with Gasteiger partial charge in [-0.25, -0.2) is 8.42 Å². The fraction of sp³-hybridized carbons (Fsp3) is 1.00. The Labute approximate surface area is 98.5 Å². The van der Waals surface area contributed by atoms with Crippen molar-refractivity contribution in [3.8, 4) is 0 Å². The van der Waals surface area contributed by atoms with Crippen LogP contribution >= 0.6 is 0 Å². The monoisotopic (exact) mass is 253 g/mol. The highest BCUT2D eigenvalue weighted by atomic mass is 32.2. The Morgan fingerprint density at radius 3 is 2.00 bits per heavy atom. The Morgan fingerprint density at radius 1 is 1.31 bits per heavy atom. The predicted octanol–water partition coefficient (Wildman–Crippen LogP) is 0.790. The Hall–Kier alpha value is -0.170. The third-order valence-electron chi connectivity index (χ3n) is 1.90. The lowest BCUT2D eigenvalue weighted by molar-refractivity contribution is -0.134. The minimum absolute atomic E-state index is 0.0550. The van der Waals surface area contributed by atoms with Gasteiger partial charge in [-0.3, -0.25) is 0 Å². The summed E-state index contributed by atoms with van der Waals surface area (Å²) >= 11 is 0. The molecule has 1 atom stereocenters. The van der Waals surface area contributed by atoms with E-state index in [1.54, 1.807) is 34.6 Å². The van der Waals surface area contributed by atoms with Crippen LogP contribution in [0, 0.1) is 0 Å². The first kappa shape index (κ1) is 15.8. The minimum Gasteiger partial charge on any atom is -0.367 e. The average Bonchev–Trinajstić information content (AvgIpc) is 1.94. The van der Waals surface area contributed by atoms with Gasteiger partial charge in [-0.2, -0.15) is 4.31 Å². The molecule has 0 aromatic carbocycles. The van der Waals surface area contributed by atoms with Crippen LogP contribution in [-0.4, -0.2) is 48.6 Å². The van der Waals surface area contributed by atoms with Crippen LogP contribution in [0.25, 0.3) is 0 Å². The molecule has 0 aliphatic rings. The van der Waals surface area contributed by atoms with Crippen molar-refractivity contribution in [3.05, 3.63) is 0 Å². The molecule has 1 N–H and O–H groups in total. The molecule has 0 aliphatic carbocycles. The minimum atomic E-state index is -3.36. The van der Waals surface area contributed by atoms with Crippen LogP contribution in [-0.2, 0) is 14.8 Å². The van der Waals surface area contributed by atoms with Crippen LogP contribution in [0.15, 0.2) is 0 Å². The van der Waals surface area contributed by atoms with Crippen molar-refractivity contribution in [2.45, 2.75) is 52.6 Å². The highest BCUT2D eigenvalue weighted by molar-refractivity contribution is 7.88. The quantitative estimate of drug-likeness (QED) is 0.736. The van der Waals surface area contributed by atoms with E-state index in [1.165, 1.54) is 4.31 Å². The molecule has 0 bridgehead atoms. The van der Waals surface area contributed by atoms with Gasteiger partial charge in [0, 0.05) is 5.54 Å². The summed E-state index contributed by atoms with van der Waals surface area (Å²) < 4.78 is 29.5. The first-order valence-electron chi connectivity index (χ1n) is 5.26. The normalized spacial score (nSPS) is 15.8. The molecule has 98 valence electrons. The summed E-state index contributed by atoms with van der Waals surface area (Å²) in [5.74, 6) is 0. The molecule has 0 heterocycles. The summed E-state index contributed by atoms with van der Waals surface area (Å²) in [5, 5.41) is 9.59. The Balaban J connectivity index is 4.72. The van der Waals surface area contributed by atoms with Gasteiger partial charge in [-0.05, 0) is 34.6 Å². The molecule has 0 aliphatic heterocycles. The van der Waals surface area contributed by atoms with Crippen molar-refractivity contribution < 1.29 is 18.3 Å². The fourth-order valence-electron chi connectivity index (χ4n) is 1.41. The molecule has 0 spiro atoms. The lowest BCUT2D eigenvalue weighted by Gasteiger charge is -2.34. The second kappa shape index (κ2) is 5.44. The fourth-order valence-corrected chi connectivity index (χ4v) is 2.80. The van der Waals surface area contributed by atoms with Crippen molar-refractivity contribution >= 4 is 10.0 Å². The van der Waals surface area contributed by atoms with E-state index in [0.717, 1.165) is 6.26 Å². The number of sulfonamides is 1. The van der Waals surface area contributed by atoms with Gasteiger partial charge in [0.15, 0.2) is 6.29 Å². The maximum absolute atomic E-state index is 11.6. The predicted molar refractivity (Wildman–Crippen MR) is 63.5 cm³/mol. The second-order valence-corrected chi connectivity index (χ2v) is 7.01. The maximum atomic E-state index is 11.6. The molecule has 0 aromatic heterocycles. The first-order chi connectivity index (χ1) is 6.94. The van der Waals surface area contributed by atoms with Crippen LogP contribution in [0.4, 0.5) is 0 Å². The second-order valence-electron chi connectivity index (χ2n) is 5.10. The number of nitrogens with zero attached hydrogens (tertiary/aromatic N) is 1. The van der Waals surface area contributed by atoms with E-state index in [2.05, 4.69) is 0 Å². The lowest BCUT2D eigenvalue weighted by Crippen LogP contribution is -2.49. The summed E-state index contributed by atoms with van der Waals surface area (Å²) in [6.45, 7) is 8.83. The van der Waals surface area contributed by atoms with Gasteiger partial charge >= 0.3 is 0 Å². The molecular formula is C10H23NO4S. The first-order valence-corrected chi connectivity index (χ1v) is 7.10. The van der Waals surface area contributed by atoms with E-state index in [1.807, 2.05) is 0 Å². The van der Waals surface area contributed by atoms with E-state index in [0.29, 0.717) is 0 Å². The van der Waals surface area contributed by atoms with E-state index < -0.39 is 21.9 Å². The molecule has 0 radical (unpaired) electrons. The molecule has 0 unspecified atom stereocenters. The highest BCUT2D eigenvalue weighted by Gasteiger charge is 2.31. The molecule has 0 amide bonds. The van der Waals surface area contributed by atoms with Crippen molar-refractivity contribution in [2.75, 3.05) is 12.8 Å². The van der Waals surface area contributed by atoms with E-state index in [9.17, 15) is 13.5 Å². The van der Waals surface area contributed by atoms with E-state index in [-0.39, 0.29) is 12.6 Å². The molecule has 0 saturated heterocycles. The van der Waals surface area contributed by atoms with Crippen molar-refractivity contribution in [2.24, 2.45) is 0 Å². The molecule has 6 heteroatoms. The van der Waals surface area contributed by atoms with Crippen molar-refractivity contribution in [1.29, 1.82) is 0 Å². The number of β-amino-alcohol motifs (C(OH)–C–C–N with tert-alkyl or cyclic N) is 1. The molecule has 0 aromatic rings. The van der Waals surface area contributed by atoms with Crippen LogP contribution < -0.4 is 0 Å². The number of aliphatic hydroxyl groups excluding tert-OH is 1. The van der Waals surface area contributed by atoms with Gasteiger partial charge in [0.25, 0.3) is 0 Å². The third-order valence-corrected chi connectivity index (χ3v) is 3.40. The van der Waals surface area contributed by atoms with Gasteiger partial charge < -0.3 is 9.84 Å². The van der Waals surface area contributed by atoms with Crippen LogP contribution in [0.3, 0.4) is 0 Å². The van der Waals surface area contributed by atoms with Gasteiger partial charge in [-0.15, -0.1) is 0 Å². The zero-order valence-electron chi connectivity index (χ0n) is 10.9. The van der Waals surface area contributed by atoms with Crippen molar-refractivity contribution in [1.82, 2.24) is 4.31 Å². The summed E-state index contributed by atoms with van der Waals surface area (Å²) in [5.41, 5.74) is -0.575. The standard InChI is InChI=1S/C10H23NO4S/c1-8(2)15-9(12)7-11(10(3,4)5)16(6,13)14/h8-9,12H,7H2,1-6H3/t9-/m1/s1. The Bertz CT molecular complexity index is 305. The molecule has 5 nitrogen and oxygen atoms in total. The largest absolute Gasteiger partial charge is 0.367 e. The number of rotatable bonds is 5. The topological polar surface area (TPSA) is 66.8 Å². The Morgan fingerprint density at radius 2 is 1.75 bits per heavy atom. The SMILES string of the molecule is CC(C)O[C@@H](O)CN(C(C)(C)C)S(C)(=O)=O. The highest BCUT2D eigenvalue weighted by Crippen LogP contribution is 2.18. The number of ether oxygens (including phenoxy) is 1. The van der Waals surface area contributed by atoms with Gasteiger partial charge in [-0.1, -0.05) is 0 Å². The summed E-state index contributed by atoms with van der Waals surface area (Å²) in [4.78, 5) is 0. The van der Waals surface area contributed by atoms with Gasteiger partial charge in [0.1, 0.15) is 0 Å². The molecule has 16 heavy (non-hydrogen) atoms. The van der Waals surface area contributed by atoms with Crippen LogP contribution in [0.2, 0.25) is 0 Å². The molecular weight excluding hydrogens is 230 g/mol. The zero-order chi connectivity index (χ0) is 13.1. The third kappa shape index (κ3) is 5.79. The average molecular weight is 253 g/mol. The summed E-state index contributed by atoms with van der Waals surface area (Å²) in [7, 11) is -3.36. The molecule has 0 rings (SSSR count). The molecule has 0 saturated carbocycles. The smallest absolute Gasteiger partial charge is 0.211 e. The summed E-state index contributed by atoms with van der Waals surface area (Å²) in [6.07, 6.45) is -0.120. The van der Waals surface area contributed by atoms with Crippen molar-refractivity contribution in [3.63, 3.8) is 0 Å². The maximum Gasteiger partial charge on any atom is 0.211 e. The van der Waals surface area contributed by atoms with Crippen LogP contribution in [0.1, 0.15) is 34.6 Å². The lowest BCUT2D eigenvalue weighted by atomic mass is 10.1. The van der Waals surface area contributed by atoms with Crippen LogP contribution in [0.5, 0.6) is 0 Å². The Kier molecular flexibility index (Phi) is 5.38. The van der Waals surface area contributed by atoms with Gasteiger partial charge in [0.2, 0.25) is 10.0 Å². The van der Waals surface area contributed by atoms with E-state index >= 15 is 0 Å². The number of hydrogen-bond donors (Lipinski definition) is 1. The summed E-state index contributed by atoms with van der Waals surface area (Å²) in [6, 6.07) is 0.